The molecule has 0 atom stereocenters. The normalized spacial score (nSPS) is 14.5. The van der Waals surface area contributed by atoms with Crippen LogP contribution < -0.4 is 0 Å². The Kier molecular flexibility index (Phi) is 4.01. The molecule has 0 saturated heterocycles. The topological polar surface area (TPSA) is 47.8 Å². The van der Waals surface area contributed by atoms with Crippen LogP contribution in [0.15, 0.2) is 29.7 Å². The van der Waals surface area contributed by atoms with Crippen molar-refractivity contribution in [3.8, 4) is 0 Å². The quantitative estimate of drug-likeness (QED) is 0.617. The van der Waals surface area contributed by atoms with Crippen LogP contribution in [0.2, 0.25) is 10.0 Å². The number of hydrogen-bond acceptors (Lipinski definition) is 4. The van der Waals surface area contributed by atoms with Gasteiger partial charge in [0, 0.05) is 11.6 Å². The molecule has 0 bridgehead atoms. The van der Waals surface area contributed by atoms with Crippen molar-refractivity contribution < 1.29 is 4.79 Å². The molecule has 1 saturated carbocycles. The Labute approximate surface area is 130 Å². The summed E-state index contributed by atoms with van der Waals surface area (Å²) in [5, 5.41) is 9.59. The Bertz CT molecular complexity index is 655. The van der Waals surface area contributed by atoms with Crippen molar-refractivity contribution in [3.63, 3.8) is 0 Å². The van der Waals surface area contributed by atoms with Crippen molar-refractivity contribution in [2.24, 2.45) is 0 Å². The highest BCUT2D eigenvalue weighted by Crippen LogP contribution is 2.37. The average Bonchev–Trinajstić information content (AvgIpc) is 3.18. The number of carbonyl (C=O) groups excluding carboxylic acids is 1. The summed E-state index contributed by atoms with van der Waals surface area (Å²) in [5.74, 6) is 0.308. The van der Waals surface area contributed by atoms with Gasteiger partial charge in [0.2, 0.25) is 0 Å². The van der Waals surface area contributed by atoms with Gasteiger partial charge in [0.25, 0.3) is 0 Å². The summed E-state index contributed by atoms with van der Waals surface area (Å²) in [4.78, 5) is 12.1. The number of ketones is 1. The van der Waals surface area contributed by atoms with E-state index in [0.29, 0.717) is 27.4 Å². The second-order valence-corrected chi connectivity index (χ2v) is 6.35. The van der Waals surface area contributed by atoms with E-state index in [1.54, 1.807) is 24.5 Å². The van der Waals surface area contributed by atoms with Gasteiger partial charge in [-0.2, -0.15) is 0 Å². The van der Waals surface area contributed by atoms with Gasteiger partial charge in [0.15, 0.2) is 10.9 Å². The van der Waals surface area contributed by atoms with Crippen LogP contribution in [-0.4, -0.2) is 26.3 Å². The van der Waals surface area contributed by atoms with E-state index >= 15 is 0 Å². The van der Waals surface area contributed by atoms with Gasteiger partial charge in [0.1, 0.15) is 6.33 Å². The lowest BCUT2D eigenvalue weighted by Crippen LogP contribution is -2.04. The number of rotatable bonds is 5. The molecule has 1 aromatic carbocycles. The number of benzene rings is 1. The Balaban J connectivity index is 1.66. The number of hydrogen-bond donors (Lipinski definition) is 0. The molecule has 0 N–H and O–H groups in total. The molecule has 1 aliphatic carbocycles. The minimum Gasteiger partial charge on any atom is -0.306 e. The maximum atomic E-state index is 12.1. The molecule has 0 amide bonds. The van der Waals surface area contributed by atoms with Crippen molar-refractivity contribution >= 4 is 40.7 Å². The summed E-state index contributed by atoms with van der Waals surface area (Å²) in [6.07, 6.45) is 4.04. The number of nitrogens with zero attached hydrogens (tertiary/aromatic N) is 3. The fourth-order valence-electron chi connectivity index (χ4n) is 1.82. The van der Waals surface area contributed by atoms with Crippen molar-refractivity contribution in [2.75, 3.05) is 5.75 Å². The molecule has 20 heavy (non-hydrogen) atoms. The lowest BCUT2D eigenvalue weighted by atomic mass is 10.1. The minimum atomic E-state index is -0.00101. The van der Waals surface area contributed by atoms with Gasteiger partial charge in [-0.1, -0.05) is 35.0 Å². The molecule has 0 aliphatic heterocycles. The monoisotopic (exact) mass is 327 g/mol. The van der Waals surface area contributed by atoms with Crippen molar-refractivity contribution in [2.45, 2.75) is 24.0 Å². The average molecular weight is 328 g/mol. The smallest absolute Gasteiger partial charge is 0.191 e. The summed E-state index contributed by atoms with van der Waals surface area (Å²) in [6.45, 7) is 0. The molecule has 1 fully saturated rings. The van der Waals surface area contributed by atoms with Crippen LogP contribution in [0.3, 0.4) is 0 Å². The first-order valence-corrected chi connectivity index (χ1v) is 7.90. The molecule has 0 unspecified atom stereocenters. The predicted molar refractivity (Wildman–Crippen MR) is 79.8 cm³/mol. The molecule has 1 heterocycles. The minimum absolute atomic E-state index is 0.00101. The first-order chi connectivity index (χ1) is 9.65. The third-order valence-electron chi connectivity index (χ3n) is 3.05. The van der Waals surface area contributed by atoms with E-state index in [0.717, 1.165) is 18.0 Å². The van der Waals surface area contributed by atoms with E-state index in [1.807, 2.05) is 4.57 Å². The molecule has 2 aromatic rings. The zero-order valence-corrected chi connectivity index (χ0v) is 12.8. The molecule has 104 valence electrons. The number of carbonyl (C=O) groups is 1. The summed E-state index contributed by atoms with van der Waals surface area (Å²) in [6, 6.07) is 5.42. The first-order valence-electron chi connectivity index (χ1n) is 6.15. The van der Waals surface area contributed by atoms with E-state index in [-0.39, 0.29) is 5.78 Å². The van der Waals surface area contributed by atoms with E-state index < -0.39 is 0 Å². The molecule has 0 radical (unpaired) electrons. The number of thioether (sulfide) groups is 1. The summed E-state index contributed by atoms with van der Waals surface area (Å²) < 4.78 is 2.03. The van der Waals surface area contributed by atoms with E-state index in [9.17, 15) is 4.79 Å². The van der Waals surface area contributed by atoms with E-state index in [2.05, 4.69) is 10.2 Å². The van der Waals surface area contributed by atoms with Crippen LogP contribution in [0.1, 0.15) is 29.2 Å². The second kappa shape index (κ2) is 5.76. The Morgan fingerprint density at radius 2 is 2.15 bits per heavy atom. The highest BCUT2D eigenvalue weighted by Gasteiger charge is 2.26. The highest BCUT2D eigenvalue weighted by atomic mass is 35.5. The van der Waals surface area contributed by atoms with Crippen LogP contribution in [-0.2, 0) is 0 Å². The van der Waals surface area contributed by atoms with Gasteiger partial charge in [-0.15, -0.1) is 10.2 Å². The molecule has 3 rings (SSSR count). The number of aromatic nitrogens is 3. The van der Waals surface area contributed by atoms with Crippen molar-refractivity contribution in [3.05, 3.63) is 40.1 Å². The first kappa shape index (κ1) is 13.9. The summed E-state index contributed by atoms with van der Waals surface area (Å²) >= 11 is 13.2. The van der Waals surface area contributed by atoms with Crippen LogP contribution in [0.5, 0.6) is 0 Å². The molecule has 7 heteroatoms. The fraction of sp³-hybridized carbons (Fsp3) is 0.308. The maximum absolute atomic E-state index is 12.1. The molecule has 1 aromatic heterocycles. The van der Waals surface area contributed by atoms with Crippen LogP contribution in [0.25, 0.3) is 0 Å². The van der Waals surface area contributed by atoms with Gasteiger partial charge < -0.3 is 4.57 Å². The Morgan fingerprint density at radius 3 is 2.85 bits per heavy atom. The second-order valence-electron chi connectivity index (χ2n) is 4.59. The Hall–Kier alpha value is -1.04. The molecular weight excluding hydrogens is 317 g/mol. The maximum Gasteiger partial charge on any atom is 0.191 e. The predicted octanol–water partition coefficient (Wildman–Crippen LogP) is 3.89. The van der Waals surface area contributed by atoms with Gasteiger partial charge in [-0.05, 0) is 31.0 Å². The van der Waals surface area contributed by atoms with Gasteiger partial charge >= 0.3 is 0 Å². The Morgan fingerprint density at radius 1 is 1.35 bits per heavy atom. The highest BCUT2D eigenvalue weighted by molar-refractivity contribution is 7.99. The van der Waals surface area contributed by atoms with Gasteiger partial charge in [0.05, 0.1) is 15.8 Å². The zero-order chi connectivity index (χ0) is 14.1. The lowest BCUT2D eigenvalue weighted by molar-refractivity contribution is 0.102. The largest absolute Gasteiger partial charge is 0.306 e. The molecule has 0 spiro atoms. The van der Waals surface area contributed by atoms with Gasteiger partial charge in [-0.3, -0.25) is 4.79 Å². The van der Waals surface area contributed by atoms with Crippen LogP contribution in [0, 0.1) is 0 Å². The van der Waals surface area contributed by atoms with Crippen LogP contribution in [0.4, 0.5) is 0 Å². The van der Waals surface area contributed by atoms with E-state index in [4.69, 9.17) is 23.2 Å². The lowest BCUT2D eigenvalue weighted by Gasteiger charge is -2.04. The number of Topliss-reactive ketones (excluding diaryl/α,β-unsaturated/α-hetero) is 1. The van der Waals surface area contributed by atoms with Crippen molar-refractivity contribution in [1.29, 1.82) is 0 Å². The summed E-state index contributed by atoms with van der Waals surface area (Å²) in [7, 11) is 0. The SMILES string of the molecule is O=C(CSc1nncn1C1CC1)c1ccc(Cl)c(Cl)c1. The summed E-state index contributed by atoms with van der Waals surface area (Å²) in [5.41, 5.74) is 0.560. The van der Waals surface area contributed by atoms with Gasteiger partial charge in [-0.25, -0.2) is 0 Å². The molecule has 4 nitrogen and oxygen atoms in total. The van der Waals surface area contributed by atoms with Crippen LogP contribution >= 0.6 is 35.0 Å². The molecular formula is C13H11Cl2N3OS. The standard InChI is InChI=1S/C13H11Cl2N3OS/c14-10-4-1-8(5-11(10)15)12(19)6-20-13-17-16-7-18(13)9-2-3-9/h1,4-5,7,9H,2-3,6H2. The number of halogens is 2. The van der Waals surface area contributed by atoms with Crippen molar-refractivity contribution in [1.82, 2.24) is 14.8 Å². The molecule has 1 aliphatic rings. The third kappa shape index (κ3) is 3.00. The zero-order valence-electron chi connectivity index (χ0n) is 10.4. The van der Waals surface area contributed by atoms with E-state index in [1.165, 1.54) is 11.8 Å². The third-order valence-corrected chi connectivity index (χ3v) is 4.75. The fourth-order valence-corrected chi connectivity index (χ4v) is 3.00.